The molecule has 2 saturated heterocycles. The fraction of sp³-hybridized carbons (Fsp3) is 0.500. The van der Waals surface area contributed by atoms with E-state index in [1.54, 1.807) is 10.3 Å². The molecule has 1 amide bonds. The normalized spacial score (nSPS) is 22.0. The minimum Gasteiger partial charge on any atom is -0.383 e. The van der Waals surface area contributed by atoms with Crippen LogP contribution >= 0.6 is 11.3 Å². The Labute approximate surface area is 129 Å². The fourth-order valence-corrected chi connectivity index (χ4v) is 3.67. The van der Waals surface area contributed by atoms with Crippen LogP contribution in [0.2, 0.25) is 0 Å². The van der Waals surface area contributed by atoms with Crippen molar-refractivity contribution in [3.8, 4) is 0 Å². The highest BCUT2D eigenvalue weighted by Gasteiger charge is 2.35. The molecule has 1 atom stereocenters. The molecule has 1 unspecified atom stereocenters. The van der Waals surface area contributed by atoms with E-state index in [2.05, 4.69) is 10.1 Å². The van der Waals surface area contributed by atoms with E-state index in [1.165, 1.54) is 17.4 Å². The van der Waals surface area contributed by atoms with E-state index in [-0.39, 0.29) is 23.5 Å². The lowest BCUT2D eigenvalue weighted by Gasteiger charge is -2.37. The molecule has 22 heavy (non-hydrogen) atoms. The summed E-state index contributed by atoms with van der Waals surface area (Å²) in [6, 6.07) is 1.44. The number of ether oxygens (including phenoxy) is 1. The molecule has 0 bridgehead atoms. The third kappa shape index (κ3) is 2.38. The maximum atomic E-state index is 12.4. The number of aromatic amines is 1. The number of carbonyl (C=O) groups excluding carboxylic acids is 1. The first-order chi connectivity index (χ1) is 10.7. The van der Waals surface area contributed by atoms with Gasteiger partial charge in [-0.05, 0) is 12.8 Å². The SMILES string of the molecule is O=C(c1csc(C2CCCO2)n1)N1CC(c2cc(=O)[nH]o2)C1. The van der Waals surface area contributed by atoms with Crippen LogP contribution in [-0.2, 0) is 4.74 Å². The first kappa shape index (κ1) is 13.7. The van der Waals surface area contributed by atoms with Crippen molar-refractivity contribution < 1.29 is 14.1 Å². The predicted molar refractivity (Wildman–Crippen MR) is 78.0 cm³/mol. The minimum absolute atomic E-state index is 0.0461. The maximum absolute atomic E-state index is 12.4. The summed E-state index contributed by atoms with van der Waals surface area (Å²) in [7, 11) is 0. The summed E-state index contributed by atoms with van der Waals surface area (Å²) in [5.74, 6) is 0.612. The van der Waals surface area contributed by atoms with Gasteiger partial charge in [-0.2, -0.15) is 5.16 Å². The predicted octanol–water partition coefficient (Wildman–Crippen LogP) is 1.52. The summed E-state index contributed by atoms with van der Waals surface area (Å²) in [4.78, 5) is 29.6. The van der Waals surface area contributed by atoms with Gasteiger partial charge in [-0.25, -0.2) is 4.98 Å². The molecular weight excluding hydrogens is 306 g/mol. The van der Waals surface area contributed by atoms with Gasteiger partial charge in [0.15, 0.2) is 0 Å². The second-order valence-electron chi connectivity index (χ2n) is 5.59. The Bertz CT molecular complexity index is 737. The van der Waals surface area contributed by atoms with Crippen molar-refractivity contribution in [1.29, 1.82) is 0 Å². The monoisotopic (exact) mass is 321 g/mol. The van der Waals surface area contributed by atoms with Crippen LogP contribution in [0.1, 0.15) is 46.1 Å². The summed E-state index contributed by atoms with van der Waals surface area (Å²) in [6.45, 7) is 1.86. The molecule has 0 saturated carbocycles. The topological polar surface area (TPSA) is 88.4 Å². The van der Waals surface area contributed by atoms with Crippen molar-refractivity contribution in [2.24, 2.45) is 0 Å². The molecule has 2 fully saturated rings. The third-order valence-electron chi connectivity index (χ3n) is 4.06. The highest BCUT2D eigenvalue weighted by atomic mass is 32.1. The lowest BCUT2D eigenvalue weighted by Crippen LogP contribution is -2.48. The van der Waals surface area contributed by atoms with Gasteiger partial charge in [0.2, 0.25) is 0 Å². The van der Waals surface area contributed by atoms with E-state index in [4.69, 9.17) is 9.26 Å². The molecule has 0 aliphatic carbocycles. The van der Waals surface area contributed by atoms with Crippen LogP contribution in [0.5, 0.6) is 0 Å². The van der Waals surface area contributed by atoms with Crippen molar-refractivity contribution in [3.05, 3.63) is 38.3 Å². The van der Waals surface area contributed by atoms with Crippen molar-refractivity contribution in [2.45, 2.75) is 24.9 Å². The number of nitrogens with zero attached hydrogens (tertiary/aromatic N) is 2. The molecule has 0 aromatic carbocycles. The largest absolute Gasteiger partial charge is 0.383 e. The number of aromatic nitrogens is 2. The smallest absolute Gasteiger partial charge is 0.280 e. The Morgan fingerprint density at radius 1 is 1.45 bits per heavy atom. The molecular formula is C14H15N3O4S. The molecule has 2 aliphatic heterocycles. The molecule has 7 nitrogen and oxygen atoms in total. The number of hydrogen-bond donors (Lipinski definition) is 1. The molecule has 0 spiro atoms. The van der Waals surface area contributed by atoms with Gasteiger partial charge in [0.25, 0.3) is 11.5 Å². The fourth-order valence-electron chi connectivity index (χ4n) is 2.79. The number of rotatable bonds is 3. The van der Waals surface area contributed by atoms with Gasteiger partial charge in [-0.3, -0.25) is 9.59 Å². The van der Waals surface area contributed by atoms with Gasteiger partial charge < -0.3 is 14.2 Å². The Morgan fingerprint density at radius 3 is 3.00 bits per heavy atom. The number of nitrogens with one attached hydrogen (secondary N) is 1. The van der Waals surface area contributed by atoms with E-state index >= 15 is 0 Å². The van der Waals surface area contributed by atoms with Crippen LogP contribution in [0.4, 0.5) is 0 Å². The number of thiazole rings is 1. The molecule has 2 aromatic rings. The van der Waals surface area contributed by atoms with Gasteiger partial charge in [0.05, 0.1) is 5.92 Å². The Kier molecular flexibility index (Phi) is 3.34. The first-order valence-electron chi connectivity index (χ1n) is 7.25. The van der Waals surface area contributed by atoms with Gasteiger partial charge in [-0.1, -0.05) is 0 Å². The lowest BCUT2D eigenvalue weighted by molar-refractivity contribution is 0.0568. The summed E-state index contributed by atoms with van der Waals surface area (Å²) >= 11 is 1.48. The van der Waals surface area contributed by atoms with Crippen LogP contribution in [0.15, 0.2) is 20.8 Å². The number of carbonyl (C=O) groups is 1. The van der Waals surface area contributed by atoms with Crippen molar-refractivity contribution in [1.82, 2.24) is 15.0 Å². The Balaban J connectivity index is 1.40. The standard InChI is InChI=1S/C14H15N3O4S/c18-12-4-11(21-16-12)8-5-17(6-8)14(19)9-7-22-13(15-9)10-2-1-3-20-10/h4,7-8,10H,1-3,5-6H2,(H,16,18). The van der Waals surface area contributed by atoms with Gasteiger partial charge in [0.1, 0.15) is 22.6 Å². The van der Waals surface area contributed by atoms with E-state index in [9.17, 15) is 9.59 Å². The average molecular weight is 321 g/mol. The Morgan fingerprint density at radius 2 is 2.32 bits per heavy atom. The third-order valence-corrected chi connectivity index (χ3v) is 5.00. The Hall–Kier alpha value is -1.93. The summed E-state index contributed by atoms with van der Waals surface area (Å²) in [5.41, 5.74) is 0.227. The zero-order chi connectivity index (χ0) is 15.1. The zero-order valence-electron chi connectivity index (χ0n) is 11.8. The van der Waals surface area contributed by atoms with Crippen molar-refractivity contribution in [3.63, 3.8) is 0 Å². The van der Waals surface area contributed by atoms with Gasteiger partial charge in [-0.15, -0.1) is 11.3 Å². The molecule has 4 rings (SSSR count). The van der Waals surface area contributed by atoms with Gasteiger partial charge in [0, 0.05) is 31.1 Å². The van der Waals surface area contributed by atoms with Crippen LogP contribution in [0.3, 0.4) is 0 Å². The van der Waals surface area contributed by atoms with E-state index in [1.807, 2.05) is 0 Å². The number of amides is 1. The average Bonchev–Trinajstić information content (AvgIpc) is 3.17. The van der Waals surface area contributed by atoms with Crippen LogP contribution in [0, 0.1) is 0 Å². The highest BCUT2D eigenvalue weighted by molar-refractivity contribution is 7.09. The van der Waals surface area contributed by atoms with Crippen LogP contribution < -0.4 is 5.56 Å². The van der Waals surface area contributed by atoms with E-state index in [0.29, 0.717) is 24.5 Å². The zero-order valence-corrected chi connectivity index (χ0v) is 12.6. The molecule has 0 radical (unpaired) electrons. The van der Waals surface area contributed by atoms with E-state index in [0.717, 1.165) is 24.5 Å². The quantitative estimate of drug-likeness (QED) is 0.926. The van der Waals surface area contributed by atoms with Crippen molar-refractivity contribution in [2.75, 3.05) is 19.7 Å². The molecule has 1 N–H and O–H groups in total. The summed E-state index contributed by atoms with van der Waals surface area (Å²) in [6.07, 6.45) is 2.06. The summed E-state index contributed by atoms with van der Waals surface area (Å²) in [5, 5.41) is 4.95. The van der Waals surface area contributed by atoms with E-state index < -0.39 is 0 Å². The summed E-state index contributed by atoms with van der Waals surface area (Å²) < 4.78 is 10.7. The highest BCUT2D eigenvalue weighted by Crippen LogP contribution is 2.32. The first-order valence-corrected chi connectivity index (χ1v) is 8.13. The van der Waals surface area contributed by atoms with Crippen LogP contribution in [0.25, 0.3) is 0 Å². The minimum atomic E-state index is -0.250. The second kappa shape index (κ2) is 5.36. The maximum Gasteiger partial charge on any atom is 0.280 e. The number of likely N-dealkylation sites (tertiary alicyclic amines) is 1. The van der Waals surface area contributed by atoms with Crippen molar-refractivity contribution >= 4 is 17.2 Å². The second-order valence-corrected chi connectivity index (χ2v) is 6.48. The molecule has 2 aliphatic rings. The molecule has 116 valence electrons. The molecule has 8 heteroatoms. The van der Waals surface area contributed by atoms with Gasteiger partial charge >= 0.3 is 0 Å². The van der Waals surface area contributed by atoms with Crippen LogP contribution in [-0.4, -0.2) is 40.6 Å². The lowest BCUT2D eigenvalue weighted by atomic mass is 9.97. The molecule has 4 heterocycles. The number of hydrogen-bond acceptors (Lipinski definition) is 6. The number of H-pyrrole nitrogens is 1. The molecule has 2 aromatic heterocycles.